The molecule has 0 aliphatic carbocycles. The second kappa shape index (κ2) is 8.87. The van der Waals surface area contributed by atoms with Gasteiger partial charge in [-0.25, -0.2) is 4.68 Å². The van der Waals surface area contributed by atoms with Crippen LogP contribution < -0.4 is 5.56 Å². The number of aromatic nitrogens is 4. The van der Waals surface area contributed by atoms with Crippen LogP contribution in [0, 0.1) is 4.77 Å². The Labute approximate surface area is 210 Å². The molecule has 0 radical (unpaired) electrons. The molecule has 1 aliphatic rings. The van der Waals surface area contributed by atoms with E-state index in [9.17, 15) is 9.59 Å². The Morgan fingerprint density at radius 2 is 1.85 bits per heavy atom. The molecular formula is C24H19Cl2N5O2S. The van der Waals surface area contributed by atoms with E-state index in [1.807, 2.05) is 43.5 Å². The fraction of sp³-hybridized carbons (Fsp3) is 0.167. The van der Waals surface area contributed by atoms with Gasteiger partial charge < -0.3 is 9.88 Å². The van der Waals surface area contributed by atoms with Crippen molar-refractivity contribution >= 4 is 41.3 Å². The molecule has 0 saturated carbocycles. The molecule has 1 aliphatic heterocycles. The molecule has 34 heavy (non-hydrogen) atoms. The van der Waals surface area contributed by atoms with Gasteiger partial charge in [0.2, 0.25) is 0 Å². The number of halogens is 2. The highest BCUT2D eigenvalue weighted by Crippen LogP contribution is 2.26. The molecule has 0 unspecified atom stereocenters. The third-order valence-electron chi connectivity index (χ3n) is 5.95. The summed E-state index contributed by atoms with van der Waals surface area (Å²) in [5, 5.41) is 4.92. The van der Waals surface area contributed by atoms with Crippen molar-refractivity contribution in [2.75, 3.05) is 0 Å². The van der Waals surface area contributed by atoms with Crippen LogP contribution >= 0.6 is 35.4 Å². The summed E-state index contributed by atoms with van der Waals surface area (Å²) >= 11 is 17.6. The average molecular weight is 512 g/mol. The number of H-pyrrole nitrogens is 1. The van der Waals surface area contributed by atoms with Crippen LogP contribution in [0.5, 0.6) is 0 Å². The third-order valence-corrected chi connectivity index (χ3v) is 6.97. The first-order valence-electron chi connectivity index (χ1n) is 10.6. The van der Waals surface area contributed by atoms with Crippen LogP contribution in [0.4, 0.5) is 0 Å². The molecule has 0 fully saturated rings. The van der Waals surface area contributed by atoms with Gasteiger partial charge in [-0.05, 0) is 74.1 Å². The van der Waals surface area contributed by atoms with Crippen molar-refractivity contribution in [2.24, 2.45) is 0 Å². The lowest BCUT2D eigenvalue weighted by molar-refractivity contribution is 0.0653. The lowest BCUT2D eigenvalue weighted by Gasteiger charge is -2.34. The zero-order chi connectivity index (χ0) is 24.0. The number of nitrogens with zero attached hydrogens (tertiary/aromatic N) is 4. The Balaban J connectivity index is 1.48. The van der Waals surface area contributed by atoms with Gasteiger partial charge in [0.25, 0.3) is 11.5 Å². The SMILES string of the molecule is C[C@@H]1Cc2c([nH]c(=S)n(-c3ccc(-n4cccn4)cc3)c2=O)CN1C(=O)c1ccc(Cl)c(Cl)c1. The highest BCUT2D eigenvalue weighted by molar-refractivity contribution is 7.71. The molecular weight excluding hydrogens is 493 g/mol. The Morgan fingerprint density at radius 1 is 1.12 bits per heavy atom. The topological polar surface area (TPSA) is 75.9 Å². The number of nitrogens with one attached hydrogen (secondary N) is 1. The summed E-state index contributed by atoms with van der Waals surface area (Å²) in [7, 11) is 0. The zero-order valence-electron chi connectivity index (χ0n) is 18.0. The van der Waals surface area contributed by atoms with Crippen LogP contribution in [0.25, 0.3) is 11.4 Å². The normalized spacial score (nSPS) is 15.3. The van der Waals surface area contributed by atoms with Crippen LogP contribution in [-0.2, 0) is 13.0 Å². The van der Waals surface area contributed by atoms with Crippen LogP contribution in [0.3, 0.4) is 0 Å². The summed E-state index contributed by atoms with van der Waals surface area (Å²) in [6.45, 7) is 2.16. The minimum atomic E-state index is -0.192. The first-order valence-corrected chi connectivity index (χ1v) is 11.7. The number of hydrogen-bond donors (Lipinski definition) is 1. The fourth-order valence-corrected chi connectivity index (χ4v) is 4.78. The first-order chi connectivity index (χ1) is 16.3. The fourth-order valence-electron chi connectivity index (χ4n) is 4.17. The lowest BCUT2D eigenvalue weighted by atomic mass is 9.98. The summed E-state index contributed by atoms with van der Waals surface area (Å²) in [5.74, 6) is -0.186. The molecule has 10 heteroatoms. The van der Waals surface area contributed by atoms with Gasteiger partial charge in [-0.1, -0.05) is 23.2 Å². The van der Waals surface area contributed by atoms with Gasteiger partial charge in [-0.2, -0.15) is 5.10 Å². The summed E-state index contributed by atoms with van der Waals surface area (Å²) in [4.78, 5) is 31.5. The number of fused-ring (bicyclic) bond motifs is 1. The molecule has 3 heterocycles. The average Bonchev–Trinajstić information content (AvgIpc) is 3.36. The molecule has 4 aromatic rings. The summed E-state index contributed by atoms with van der Waals surface area (Å²) in [6, 6.07) is 13.9. The predicted molar refractivity (Wildman–Crippen MR) is 134 cm³/mol. The van der Waals surface area contributed by atoms with Crippen LogP contribution in [0.15, 0.2) is 65.7 Å². The van der Waals surface area contributed by atoms with Crippen LogP contribution in [0.1, 0.15) is 28.5 Å². The zero-order valence-corrected chi connectivity index (χ0v) is 20.4. The molecule has 172 valence electrons. The third kappa shape index (κ3) is 3.98. The molecule has 1 atom stereocenters. The highest BCUT2D eigenvalue weighted by atomic mass is 35.5. The van der Waals surface area contributed by atoms with Gasteiger partial charge in [0.05, 0.1) is 28.0 Å². The van der Waals surface area contributed by atoms with E-state index < -0.39 is 0 Å². The van der Waals surface area contributed by atoms with E-state index >= 15 is 0 Å². The summed E-state index contributed by atoms with van der Waals surface area (Å²) in [5.41, 5.74) is 3.06. The number of carbonyl (C=O) groups excluding carboxylic acids is 1. The van der Waals surface area contributed by atoms with E-state index in [0.717, 1.165) is 5.69 Å². The molecule has 0 saturated heterocycles. The maximum Gasteiger partial charge on any atom is 0.262 e. The number of aromatic amines is 1. The van der Waals surface area contributed by atoms with Gasteiger partial charge >= 0.3 is 0 Å². The van der Waals surface area contributed by atoms with E-state index in [0.29, 0.717) is 39.0 Å². The second-order valence-electron chi connectivity index (χ2n) is 8.11. The number of amides is 1. The van der Waals surface area contributed by atoms with Crippen LogP contribution in [-0.4, -0.2) is 36.2 Å². The van der Waals surface area contributed by atoms with Crippen molar-refractivity contribution in [3.8, 4) is 11.4 Å². The number of hydrogen-bond acceptors (Lipinski definition) is 4. The maximum absolute atomic E-state index is 13.4. The Hall–Kier alpha value is -3.20. The van der Waals surface area contributed by atoms with E-state index in [4.69, 9.17) is 35.4 Å². The van der Waals surface area contributed by atoms with Gasteiger partial charge in [0.15, 0.2) is 4.77 Å². The van der Waals surface area contributed by atoms with Gasteiger partial charge in [0, 0.05) is 35.3 Å². The van der Waals surface area contributed by atoms with E-state index in [-0.39, 0.29) is 28.8 Å². The van der Waals surface area contributed by atoms with Crippen molar-refractivity contribution in [1.29, 1.82) is 0 Å². The molecule has 1 N–H and O–H groups in total. The monoisotopic (exact) mass is 511 g/mol. The molecule has 7 nitrogen and oxygen atoms in total. The molecule has 2 aromatic carbocycles. The molecule has 2 aromatic heterocycles. The van der Waals surface area contributed by atoms with Crippen molar-refractivity contribution < 1.29 is 4.79 Å². The van der Waals surface area contributed by atoms with Crippen molar-refractivity contribution in [3.63, 3.8) is 0 Å². The predicted octanol–water partition coefficient (Wildman–Crippen LogP) is 4.97. The van der Waals surface area contributed by atoms with Gasteiger partial charge in [0.1, 0.15) is 0 Å². The Bertz CT molecular complexity index is 1510. The van der Waals surface area contributed by atoms with Crippen LogP contribution in [0.2, 0.25) is 10.0 Å². The molecule has 1 amide bonds. The smallest absolute Gasteiger partial charge is 0.262 e. The number of benzene rings is 2. The van der Waals surface area contributed by atoms with E-state index in [1.165, 1.54) is 4.57 Å². The van der Waals surface area contributed by atoms with E-state index in [1.54, 1.807) is 34.0 Å². The molecule has 0 spiro atoms. The number of carbonyl (C=O) groups is 1. The summed E-state index contributed by atoms with van der Waals surface area (Å²) < 4.78 is 3.50. The van der Waals surface area contributed by atoms with Gasteiger partial charge in [-0.15, -0.1) is 0 Å². The van der Waals surface area contributed by atoms with Crippen molar-refractivity contribution in [3.05, 3.63) is 103 Å². The Kier molecular flexibility index (Phi) is 5.89. The van der Waals surface area contributed by atoms with E-state index in [2.05, 4.69) is 10.1 Å². The first kappa shape index (κ1) is 22.6. The largest absolute Gasteiger partial charge is 0.333 e. The lowest BCUT2D eigenvalue weighted by Crippen LogP contribution is -2.45. The Morgan fingerprint density at radius 3 is 2.53 bits per heavy atom. The summed E-state index contributed by atoms with van der Waals surface area (Å²) in [6.07, 6.45) is 3.95. The molecule has 0 bridgehead atoms. The van der Waals surface area contributed by atoms with Crippen molar-refractivity contribution in [1.82, 2.24) is 24.2 Å². The highest BCUT2D eigenvalue weighted by Gasteiger charge is 2.30. The number of rotatable bonds is 3. The molecule has 5 rings (SSSR count). The quantitative estimate of drug-likeness (QED) is 0.393. The maximum atomic E-state index is 13.4. The van der Waals surface area contributed by atoms with Gasteiger partial charge in [-0.3, -0.25) is 14.2 Å². The second-order valence-corrected chi connectivity index (χ2v) is 9.31. The minimum absolute atomic E-state index is 0.181. The van der Waals surface area contributed by atoms with Crippen molar-refractivity contribution in [2.45, 2.75) is 25.9 Å². The standard InChI is InChI=1S/C24H19Cl2N5O2S/c1-14-11-18-21(13-29(14)22(32)15-3-8-19(25)20(26)12-15)28-24(34)31(23(18)33)17-6-4-16(5-7-17)30-10-2-9-27-30/h2-10,12,14H,11,13H2,1H3,(H,28,34)/t14-/m1/s1. The minimum Gasteiger partial charge on any atom is -0.333 e.